The van der Waals surface area contributed by atoms with Crippen molar-refractivity contribution in [3.05, 3.63) is 29.8 Å². The Labute approximate surface area is 146 Å². The van der Waals surface area contributed by atoms with Crippen molar-refractivity contribution in [3.63, 3.8) is 0 Å². The van der Waals surface area contributed by atoms with Gasteiger partial charge in [0.2, 0.25) is 11.8 Å². The molecule has 2 amide bonds. The number of carbonyl (C=O) groups excluding carboxylic acids is 2. The van der Waals surface area contributed by atoms with Crippen LogP contribution in [0.2, 0.25) is 0 Å². The summed E-state index contributed by atoms with van der Waals surface area (Å²) in [6, 6.07) is 1.91. The van der Waals surface area contributed by atoms with E-state index in [0.717, 1.165) is 17.0 Å². The van der Waals surface area contributed by atoms with Crippen LogP contribution < -0.4 is 16.0 Å². The maximum atomic E-state index is 13.8. The molecule has 1 aromatic carbocycles. The third kappa shape index (κ3) is 4.42. The number of nitrogens with one attached hydrogen (secondary N) is 1. The molecule has 1 heterocycles. The highest BCUT2D eigenvalue weighted by Crippen LogP contribution is 2.27. The Morgan fingerprint density at radius 3 is 2.50 bits per heavy atom. The molecule has 134 valence electrons. The van der Waals surface area contributed by atoms with Gasteiger partial charge in [0.25, 0.3) is 0 Å². The van der Waals surface area contributed by atoms with Crippen molar-refractivity contribution in [2.75, 3.05) is 11.4 Å². The van der Waals surface area contributed by atoms with E-state index in [0.29, 0.717) is 6.42 Å². The molecule has 0 spiro atoms. The van der Waals surface area contributed by atoms with E-state index in [2.05, 4.69) is 5.32 Å². The summed E-state index contributed by atoms with van der Waals surface area (Å²) in [5.41, 5.74) is 5.40. The number of amides is 2. The Kier molecular flexibility index (Phi) is 7.10. The number of nitrogens with two attached hydrogens (primary N) is 1. The van der Waals surface area contributed by atoms with Crippen molar-refractivity contribution in [2.24, 2.45) is 11.7 Å². The molecule has 0 aromatic heterocycles. The summed E-state index contributed by atoms with van der Waals surface area (Å²) in [6.07, 6.45) is 0.783. The van der Waals surface area contributed by atoms with Gasteiger partial charge < -0.3 is 16.0 Å². The number of carbonyl (C=O) groups is 2. The summed E-state index contributed by atoms with van der Waals surface area (Å²) >= 11 is 0. The molecular weight excluding hydrogens is 340 g/mol. The highest BCUT2D eigenvalue weighted by atomic mass is 35.5. The fourth-order valence-electron chi connectivity index (χ4n) is 2.68. The molecule has 1 aliphatic rings. The highest BCUT2D eigenvalue weighted by Gasteiger charge is 2.36. The molecule has 1 unspecified atom stereocenters. The van der Waals surface area contributed by atoms with Crippen molar-refractivity contribution in [3.8, 4) is 0 Å². The number of benzene rings is 1. The number of halogens is 3. The zero-order chi connectivity index (χ0) is 17.1. The number of hydrogen-bond acceptors (Lipinski definition) is 3. The largest absolute Gasteiger partial charge is 0.343 e. The van der Waals surface area contributed by atoms with Crippen LogP contribution in [0.25, 0.3) is 0 Å². The summed E-state index contributed by atoms with van der Waals surface area (Å²) in [4.78, 5) is 25.4. The van der Waals surface area contributed by atoms with Crippen molar-refractivity contribution in [2.45, 2.75) is 38.8 Å². The zero-order valence-corrected chi connectivity index (χ0v) is 14.4. The topological polar surface area (TPSA) is 75.4 Å². The third-order valence-electron chi connectivity index (χ3n) is 3.79. The van der Waals surface area contributed by atoms with Crippen LogP contribution >= 0.6 is 12.4 Å². The van der Waals surface area contributed by atoms with Gasteiger partial charge in [-0.3, -0.25) is 9.59 Å². The van der Waals surface area contributed by atoms with E-state index in [-0.39, 0.29) is 37.0 Å². The SMILES string of the molecule is CC(C)C[C@H](N)C(=O)NC1CCN(c2c(F)cccc2F)C1=O.Cl. The molecule has 0 aliphatic carbocycles. The zero-order valence-electron chi connectivity index (χ0n) is 13.6. The number of nitrogens with zero attached hydrogens (tertiary/aromatic N) is 1. The lowest BCUT2D eigenvalue weighted by atomic mass is 10.0. The van der Waals surface area contributed by atoms with Gasteiger partial charge in [-0.2, -0.15) is 0 Å². The molecule has 0 radical (unpaired) electrons. The quantitative estimate of drug-likeness (QED) is 0.842. The molecular formula is C16H22ClF2N3O2. The van der Waals surface area contributed by atoms with Gasteiger partial charge >= 0.3 is 0 Å². The molecule has 2 atom stereocenters. The first kappa shape index (κ1) is 20.3. The molecule has 1 aliphatic heterocycles. The number of rotatable bonds is 5. The monoisotopic (exact) mass is 361 g/mol. The molecule has 2 rings (SSSR count). The van der Waals surface area contributed by atoms with E-state index in [9.17, 15) is 18.4 Å². The van der Waals surface area contributed by atoms with E-state index in [1.165, 1.54) is 6.07 Å². The molecule has 1 fully saturated rings. The molecule has 0 bridgehead atoms. The van der Waals surface area contributed by atoms with Gasteiger partial charge in [-0.15, -0.1) is 12.4 Å². The van der Waals surface area contributed by atoms with E-state index in [4.69, 9.17) is 5.73 Å². The van der Waals surface area contributed by atoms with Crippen LogP contribution in [0, 0.1) is 17.6 Å². The predicted molar refractivity (Wildman–Crippen MR) is 89.9 cm³/mol. The van der Waals surface area contributed by atoms with E-state index in [1.807, 2.05) is 13.8 Å². The summed E-state index contributed by atoms with van der Waals surface area (Å²) in [7, 11) is 0. The van der Waals surface area contributed by atoms with Crippen molar-refractivity contribution in [1.29, 1.82) is 0 Å². The van der Waals surface area contributed by atoms with Crippen LogP contribution in [0.1, 0.15) is 26.7 Å². The van der Waals surface area contributed by atoms with Gasteiger partial charge in [-0.25, -0.2) is 8.78 Å². The Morgan fingerprint density at radius 2 is 1.96 bits per heavy atom. The van der Waals surface area contributed by atoms with Crippen molar-refractivity contribution >= 4 is 29.9 Å². The average molecular weight is 362 g/mol. The minimum absolute atomic E-state index is 0. The predicted octanol–water partition coefficient (Wildman–Crippen LogP) is 1.98. The van der Waals surface area contributed by atoms with E-state index >= 15 is 0 Å². The summed E-state index contributed by atoms with van der Waals surface area (Å²) < 4.78 is 27.6. The molecule has 0 saturated carbocycles. The fourth-order valence-corrected chi connectivity index (χ4v) is 2.68. The molecule has 1 saturated heterocycles. The first-order valence-electron chi connectivity index (χ1n) is 7.62. The van der Waals surface area contributed by atoms with Gasteiger partial charge in [0.1, 0.15) is 23.4 Å². The van der Waals surface area contributed by atoms with Crippen LogP contribution in [-0.4, -0.2) is 30.4 Å². The van der Waals surface area contributed by atoms with Gasteiger partial charge in [-0.05, 0) is 30.9 Å². The van der Waals surface area contributed by atoms with Crippen LogP contribution in [0.5, 0.6) is 0 Å². The minimum atomic E-state index is -0.806. The van der Waals surface area contributed by atoms with Crippen molar-refractivity contribution in [1.82, 2.24) is 5.32 Å². The van der Waals surface area contributed by atoms with Gasteiger partial charge in [-0.1, -0.05) is 19.9 Å². The summed E-state index contributed by atoms with van der Waals surface area (Å²) in [5, 5.41) is 2.57. The Balaban J connectivity index is 0.00000288. The lowest BCUT2D eigenvalue weighted by Gasteiger charge is -2.20. The summed E-state index contributed by atoms with van der Waals surface area (Å²) in [6.45, 7) is 4.02. The normalized spacial score (nSPS) is 18.5. The lowest BCUT2D eigenvalue weighted by Crippen LogP contribution is -2.48. The standard InChI is InChI=1S/C16H21F2N3O2.ClH/c1-9(2)8-12(19)15(22)20-13-6-7-21(16(13)23)14-10(17)4-3-5-11(14)18;/h3-5,9,12-13H,6-8,19H2,1-2H3,(H,20,22);1H/t12-,13?;/m0./s1. The maximum Gasteiger partial charge on any atom is 0.249 e. The Bertz CT molecular complexity index is 593. The third-order valence-corrected chi connectivity index (χ3v) is 3.79. The second-order valence-electron chi connectivity index (χ2n) is 6.15. The van der Waals surface area contributed by atoms with Gasteiger partial charge in [0, 0.05) is 6.54 Å². The number of anilines is 1. The van der Waals surface area contributed by atoms with Crippen LogP contribution in [0.3, 0.4) is 0 Å². The first-order chi connectivity index (χ1) is 10.8. The van der Waals surface area contributed by atoms with E-state index in [1.54, 1.807) is 0 Å². The molecule has 5 nitrogen and oxygen atoms in total. The minimum Gasteiger partial charge on any atom is -0.343 e. The molecule has 8 heteroatoms. The lowest BCUT2D eigenvalue weighted by molar-refractivity contribution is -0.127. The van der Waals surface area contributed by atoms with Gasteiger partial charge in [0.15, 0.2) is 0 Å². The number of para-hydroxylation sites is 1. The fraction of sp³-hybridized carbons (Fsp3) is 0.500. The second-order valence-corrected chi connectivity index (χ2v) is 6.15. The van der Waals surface area contributed by atoms with E-state index < -0.39 is 35.5 Å². The Hall–Kier alpha value is -1.73. The van der Waals surface area contributed by atoms with Crippen molar-refractivity contribution < 1.29 is 18.4 Å². The van der Waals surface area contributed by atoms with Crippen LogP contribution in [0.4, 0.5) is 14.5 Å². The Morgan fingerprint density at radius 1 is 1.38 bits per heavy atom. The average Bonchev–Trinajstić information content (AvgIpc) is 2.80. The first-order valence-corrected chi connectivity index (χ1v) is 7.62. The maximum absolute atomic E-state index is 13.8. The molecule has 1 aromatic rings. The number of hydrogen-bond donors (Lipinski definition) is 2. The highest BCUT2D eigenvalue weighted by molar-refractivity contribution is 6.01. The second kappa shape index (κ2) is 8.39. The van der Waals surface area contributed by atoms with Crippen LogP contribution in [0.15, 0.2) is 18.2 Å². The summed E-state index contributed by atoms with van der Waals surface area (Å²) in [5.74, 6) is -2.31. The van der Waals surface area contributed by atoms with Crippen LogP contribution in [-0.2, 0) is 9.59 Å². The van der Waals surface area contributed by atoms with Gasteiger partial charge in [0.05, 0.1) is 6.04 Å². The smallest absolute Gasteiger partial charge is 0.249 e. The molecule has 3 N–H and O–H groups in total. The molecule has 24 heavy (non-hydrogen) atoms.